The summed E-state index contributed by atoms with van der Waals surface area (Å²) in [6.45, 7) is 3.14. The van der Waals surface area contributed by atoms with Crippen LogP contribution in [0.5, 0.6) is 17.2 Å². The van der Waals surface area contributed by atoms with Gasteiger partial charge in [-0.3, -0.25) is 9.69 Å². The Labute approximate surface area is 174 Å². The van der Waals surface area contributed by atoms with E-state index in [-0.39, 0.29) is 5.91 Å². The smallest absolute Gasteiger partial charge is 0.225 e. The van der Waals surface area contributed by atoms with Crippen LogP contribution in [0, 0.1) is 5.92 Å². The monoisotopic (exact) mass is 404 g/mol. The first-order valence-corrected chi connectivity index (χ1v) is 10.9. The van der Waals surface area contributed by atoms with Crippen molar-refractivity contribution in [3.05, 3.63) is 12.1 Å². The van der Waals surface area contributed by atoms with Crippen molar-refractivity contribution in [3.8, 4) is 17.2 Å². The van der Waals surface area contributed by atoms with Crippen molar-refractivity contribution in [2.75, 3.05) is 33.2 Å². The van der Waals surface area contributed by atoms with Crippen molar-refractivity contribution in [1.82, 2.24) is 4.90 Å². The molecule has 1 aromatic rings. The lowest BCUT2D eigenvalue weighted by atomic mass is 9.84. The molecule has 1 amide bonds. The molecule has 0 unspecified atom stereocenters. The SMILES string of the molecule is CCC1CCC(N(CCC(=O)Nc2cc(OC)c(OC)c(OC)c2)C2CC2)CC1. The van der Waals surface area contributed by atoms with Crippen LogP contribution in [-0.4, -0.2) is 50.8 Å². The van der Waals surface area contributed by atoms with Gasteiger partial charge >= 0.3 is 0 Å². The van der Waals surface area contributed by atoms with Gasteiger partial charge in [-0.05, 0) is 44.4 Å². The van der Waals surface area contributed by atoms with Crippen molar-refractivity contribution in [2.24, 2.45) is 5.92 Å². The number of carbonyl (C=O) groups excluding carboxylic acids is 1. The van der Waals surface area contributed by atoms with Gasteiger partial charge in [-0.15, -0.1) is 0 Å². The Bertz CT molecular complexity index is 656. The number of nitrogens with zero attached hydrogens (tertiary/aromatic N) is 1. The maximum absolute atomic E-state index is 12.6. The molecule has 2 saturated carbocycles. The zero-order valence-electron chi connectivity index (χ0n) is 18.3. The second kappa shape index (κ2) is 10.2. The normalized spacial score (nSPS) is 21.7. The van der Waals surface area contributed by atoms with Crippen molar-refractivity contribution >= 4 is 11.6 Å². The lowest BCUT2D eigenvalue weighted by Gasteiger charge is -2.37. The second-order valence-electron chi connectivity index (χ2n) is 8.26. The molecule has 2 fully saturated rings. The maximum Gasteiger partial charge on any atom is 0.225 e. The van der Waals surface area contributed by atoms with E-state index in [0.29, 0.717) is 41.4 Å². The standard InChI is InChI=1S/C23H36N2O4/c1-5-16-6-8-18(9-7-16)25(19-10-11-19)13-12-22(26)24-17-14-20(27-2)23(29-4)21(15-17)28-3/h14-16,18-19H,5-13H2,1-4H3,(H,24,26). The van der Waals surface area contributed by atoms with Crippen LogP contribution in [0.1, 0.15) is 58.3 Å². The molecule has 0 heterocycles. The van der Waals surface area contributed by atoms with Crippen LogP contribution >= 0.6 is 0 Å². The molecule has 0 atom stereocenters. The fraction of sp³-hybridized carbons (Fsp3) is 0.696. The van der Waals surface area contributed by atoms with Gasteiger partial charge in [0, 0.05) is 42.9 Å². The third-order valence-corrected chi connectivity index (χ3v) is 6.42. The Morgan fingerprint density at radius 3 is 1.97 bits per heavy atom. The van der Waals surface area contributed by atoms with E-state index < -0.39 is 0 Å². The predicted octanol–water partition coefficient (Wildman–Crippen LogP) is 4.47. The van der Waals surface area contributed by atoms with Crippen LogP contribution in [0.4, 0.5) is 5.69 Å². The summed E-state index contributed by atoms with van der Waals surface area (Å²) in [6, 6.07) is 4.87. The summed E-state index contributed by atoms with van der Waals surface area (Å²) in [4.78, 5) is 15.3. The molecule has 0 radical (unpaired) electrons. The number of rotatable bonds is 10. The lowest BCUT2D eigenvalue weighted by molar-refractivity contribution is -0.116. The van der Waals surface area contributed by atoms with E-state index in [4.69, 9.17) is 14.2 Å². The van der Waals surface area contributed by atoms with Gasteiger partial charge in [0.1, 0.15) is 0 Å². The van der Waals surface area contributed by atoms with E-state index in [1.54, 1.807) is 33.5 Å². The summed E-state index contributed by atoms with van der Waals surface area (Å²) < 4.78 is 16.1. The summed E-state index contributed by atoms with van der Waals surface area (Å²) in [5.41, 5.74) is 0.658. The fourth-order valence-electron chi connectivity index (χ4n) is 4.56. The Kier molecular flexibility index (Phi) is 7.64. The number of carbonyl (C=O) groups is 1. The van der Waals surface area contributed by atoms with Crippen LogP contribution in [0.2, 0.25) is 0 Å². The van der Waals surface area contributed by atoms with Crippen molar-refractivity contribution in [3.63, 3.8) is 0 Å². The van der Waals surface area contributed by atoms with Crippen LogP contribution in [-0.2, 0) is 4.79 Å². The number of hydrogen-bond acceptors (Lipinski definition) is 5. The second-order valence-corrected chi connectivity index (χ2v) is 8.26. The number of benzene rings is 1. The van der Waals surface area contributed by atoms with Gasteiger partial charge in [0.2, 0.25) is 11.7 Å². The topological polar surface area (TPSA) is 60.0 Å². The highest BCUT2D eigenvalue weighted by Gasteiger charge is 2.35. The molecule has 3 rings (SSSR count). The summed E-state index contributed by atoms with van der Waals surface area (Å²) in [5, 5.41) is 3.00. The summed E-state index contributed by atoms with van der Waals surface area (Å²) in [6.07, 6.45) is 9.59. The number of amides is 1. The fourth-order valence-corrected chi connectivity index (χ4v) is 4.56. The van der Waals surface area contributed by atoms with E-state index in [1.165, 1.54) is 44.9 Å². The first-order valence-electron chi connectivity index (χ1n) is 10.9. The van der Waals surface area contributed by atoms with Crippen molar-refractivity contribution in [1.29, 1.82) is 0 Å². The molecule has 29 heavy (non-hydrogen) atoms. The highest BCUT2D eigenvalue weighted by Crippen LogP contribution is 2.40. The number of ether oxygens (including phenoxy) is 3. The molecular formula is C23H36N2O4. The minimum absolute atomic E-state index is 0.0205. The number of methoxy groups -OCH3 is 3. The van der Waals surface area contributed by atoms with Gasteiger partial charge in [0.05, 0.1) is 21.3 Å². The molecule has 162 valence electrons. The Balaban J connectivity index is 1.57. The van der Waals surface area contributed by atoms with Gasteiger partial charge < -0.3 is 19.5 Å². The molecule has 2 aliphatic rings. The highest BCUT2D eigenvalue weighted by molar-refractivity contribution is 5.91. The summed E-state index contributed by atoms with van der Waals surface area (Å²) in [5.74, 6) is 2.52. The van der Waals surface area contributed by atoms with E-state index in [9.17, 15) is 4.79 Å². The average molecular weight is 405 g/mol. The zero-order valence-corrected chi connectivity index (χ0v) is 18.3. The van der Waals surface area contributed by atoms with Gasteiger partial charge in [-0.2, -0.15) is 0 Å². The molecule has 0 aliphatic heterocycles. The van der Waals surface area contributed by atoms with Crippen molar-refractivity contribution < 1.29 is 19.0 Å². The van der Waals surface area contributed by atoms with Crippen LogP contribution in [0.3, 0.4) is 0 Å². The van der Waals surface area contributed by atoms with Gasteiger partial charge in [0.25, 0.3) is 0 Å². The number of hydrogen-bond donors (Lipinski definition) is 1. The van der Waals surface area contributed by atoms with Crippen molar-refractivity contribution in [2.45, 2.75) is 70.4 Å². The Morgan fingerprint density at radius 2 is 1.52 bits per heavy atom. The van der Waals surface area contributed by atoms with E-state index in [0.717, 1.165) is 12.5 Å². The molecule has 0 saturated heterocycles. The maximum atomic E-state index is 12.6. The minimum Gasteiger partial charge on any atom is -0.493 e. The van der Waals surface area contributed by atoms with Gasteiger partial charge in [0.15, 0.2) is 11.5 Å². The third kappa shape index (κ3) is 5.56. The van der Waals surface area contributed by atoms with E-state index in [1.807, 2.05) is 0 Å². The third-order valence-electron chi connectivity index (χ3n) is 6.42. The highest BCUT2D eigenvalue weighted by atomic mass is 16.5. The first kappa shape index (κ1) is 21.8. The quantitative estimate of drug-likeness (QED) is 0.623. The molecule has 0 spiro atoms. The number of nitrogens with one attached hydrogen (secondary N) is 1. The average Bonchev–Trinajstić information content (AvgIpc) is 3.58. The first-order chi connectivity index (χ1) is 14.1. The molecule has 0 aromatic heterocycles. The van der Waals surface area contributed by atoms with Crippen LogP contribution in [0.25, 0.3) is 0 Å². The molecular weight excluding hydrogens is 368 g/mol. The molecule has 6 heteroatoms. The zero-order chi connectivity index (χ0) is 20.8. The molecule has 2 aliphatic carbocycles. The minimum atomic E-state index is 0.0205. The molecule has 1 N–H and O–H groups in total. The van der Waals surface area contributed by atoms with Gasteiger partial charge in [-0.1, -0.05) is 13.3 Å². The summed E-state index contributed by atoms with van der Waals surface area (Å²) in [7, 11) is 4.71. The molecule has 1 aromatic carbocycles. The molecule has 6 nitrogen and oxygen atoms in total. The Hall–Kier alpha value is -1.95. The van der Waals surface area contributed by atoms with E-state index in [2.05, 4.69) is 17.1 Å². The van der Waals surface area contributed by atoms with Crippen LogP contribution < -0.4 is 19.5 Å². The number of anilines is 1. The van der Waals surface area contributed by atoms with E-state index >= 15 is 0 Å². The molecule has 0 bridgehead atoms. The van der Waals surface area contributed by atoms with Crippen LogP contribution in [0.15, 0.2) is 12.1 Å². The van der Waals surface area contributed by atoms with Gasteiger partial charge in [-0.25, -0.2) is 0 Å². The predicted molar refractivity (Wildman–Crippen MR) is 115 cm³/mol. The largest absolute Gasteiger partial charge is 0.493 e. The summed E-state index contributed by atoms with van der Waals surface area (Å²) >= 11 is 0. The Morgan fingerprint density at radius 1 is 0.966 bits per heavy atom. The lowest BCUT2D eigenvalue weighted by Crippen LogP contribution is -2.41.